The zero-order chi connectivity index (χ0) is 22.5. The van der Waals surface area contributed by atoms with Crippen LogP contribution in [0.1, 0.15) is 80.1 Å². The largest absolute Gasteiger partial charge is 0.462 e. The Labute approximate surface area is 182 Å². The lowest BCUT2D eigenvalue weighted by Gasteiger charge is -2.72. The molecule has 2 unspecified atom stereocenters. The first-order valence-electron chi connectivity index (χ1n) is 11.4. The van der Waals surface area contributed by atoms with Crippen molar-refractivity contribution < 1.29 is 19.1 Å². The first kappa shape index (κ1) is 23.1. The lowest BCUT2D eigenvalue weighted by molar-refractivity contribution is -0.229. The normalized spacial score (nSPS) is 38.6. The minimum atomic E-state index is -0.293. The van der Waals surface area contributed by atoms with Gasteiger partial charge in [0.1, 0.15) is 0 Å². The van der Waals surface area contributed by atoms with Crippen molar-refractivity contribution in [1.29, 1.82) is 0 Å². The predicted octanol–water partition coefficient (Wildman–Crippen LogP) is 5.86. The number of carbonyl (C=O) groups is 2. The molecule has 0 amide bonds. The Morgan fingerprint density at radius 1 is 0.733 bits per heavy atom. The highest BCUT2D eigenvalue weighted by Gasteiger charge is 2.67. The van der Waals surface area contributed by atoms with Crippen LogP contribution in [0, 0.1) is 33.5 Å². The van der Waals surface area contributed by atoms with Crippen molar-refractivity contribution in [3.63, 3.8) is 0 Å². The average Bonchev–Trinajstić information content (AvgIpc) is 2.60. The zero-order valence-electron chi connectivity index (χ0n) is 19.9. The van der Waals surface area contributed by atoms with Gasteiger partial charge >= 0.3 is 11.9 Å². The summed E-state index contributed by atoms with van der Waals surface area (Å²) in [4.78, 5) is 24.0. The van der Waals surface area contributed by atoms with E-state index in [1.807, 2.05) is 0 Å². The number of hydrogen-bond donors (Lipinski definition) is 0. The number of rotatable bonds is 8. The van der Waals surface area contributed by atoms with Gasteiger partial charge in [-0.3, -0.25) is 0 Å². The minimum Gasteiger partial charge on any atom is -0.462 e. The molecule has 0 aromatic rings. The van der Waals surface area contributed by atoms with Crippen LogP contribution in [0.4, 0.5) is 0 Å². The summed E-state index contributed by atoms with van der Waals surface area (Å²) in [5, 5.41) is 0. The second kappa shape index (κ2) is 7.53. The van der Waals surface area contributed by atoms with Crippen LogP contribution in [0.25, 0.3) is 0 Å². The Balaban J connectivity index is 1.83. The molecule has 0 heterocycles. The van der Waals surface area contributed by atoms with E-state index < -0.39 is 0 Å². The first-order valence-corrected chi connectivity index (χ1v) is 11.4. The summed E-state index contributed by atoms with van der Waals surface area (Å²) >= 11 is 0. The maximum atomic E-state index is 12.0. The van der Waals surface area contributed by atoms with Crippen LogP contribution in [0.15, 0.2) is 24.3 Å². The summed E-state index contributed by atoms with van der Waals surface area (Å²) in [5.74, 6) is 0.00682. The SMILES string of the molecule is C=C(C)C(=O)OCC(C)C12CC3(C)CC(C)(C1)CC(C(C)COC(=O)C(=C)C)(C3)C2. The molecule has 2 atom stereocenters. The van der Waals surface area contributed by atoms with Crippen LogP contribution in [0.5, 0.6) is 0 Å². The van der Waals surface area contributed by atoms with Gasteiger partial charge in [0.2, 0.25) is 0 Å². The van der Waals surface area contributed by atoms with E-state index in [1.54, 1.807) is 13.8 Å². The fraction of sp³-hybridized carbons (Fsp3) is 0.769. The third-order valence-corrected chi connectivity index (χ3v) is 8.39. The van der Waals surface area contributed by atoms with E-state index in [-0.39, 0.29) is 22.8 Å². The van der Waals surface area contributed by atoms with Crippen molar-refractivity contribution in [2.24, 2.45) is 33.5 Å². The van der Waals surface area contributed by atoms with E-state index in [4.69, 9.17) is 9.47 Å². The van der Waals surface area contributed by atoms with Gasteiger partial charge in [-0.15, -0.1) is 0 Å². The molecular formula is C26H40O4. The number of hydrogen-bond acceptors (Lipinski definition) is 4. The lowest BCUT2D eigenvalue weighted by atomic mass is 9.33. The van der Waals surface area contributed by atoms with Gasteiger partial charge in [-0.05, 0) is 85.9 Å². The molecule has 0 N–H and O–H groups in total. The summed E-state index contributed by atoms with van der Waals surface area (Å²) in [5.41, 5.74) is 1.83. The molecule has 0 saturated heterocycles. The summed E-state index contributed by atoms with van der Waals surface area (Å²) in [7, 11) is 0. The molecule has 168 valence electrons. The molecule has 4 bridgehead atoms. The van der Waals surface area contributed by atoms with Crippen LogP contribution in [-0.2, 0) is 19.1 Å². The summed E-state index contributed by atoms with van der Waals surface area (Å²) in [6, 6.07) is 0. The molecule has 4 heteroatoms. The molecule has 0 aromatic carbocycles. The molecular weight excluding hydrogens is 376 g/mol. The lowest BCUT2D eigenvalue weighted by Crippen LogP contribution is -2.63. The second-order valence-electron chi connectivity index (χ2n) is 12.0. The van der Waals surface area contributed by atoms with E-state index in [9.17, 15) is 9.59 Å². The molecule has 4 aliphatic carbocycles. The molecule has 4 aliphatic rings. The molecule has 4 fully saturated rings. The minimum absolute atomic E-state index is 0.167. The van der Waals surface area contributed by atoms with E-state index >= 15 is 0 Å². The Morgan fingerprint density at radius 3 is 1.37 bits per heavy atom. The van der Waals surface area contributed by atoms with Crippen LogP contribution in [-0.4, -0.2) is 25.2 Å². The first-order chi connectivity index (χ1) is 13.7. The van der Waals surface area contributed by atoms with Gasteiger partial charge in [0.25, 0.3) is 0 Å². The van der Waals surface area contributed by atoms with Crippen molar-refractivity contribution in [2.75, 3.05) is 13.2 Å². The third kappa shape index (κ3) is 4.11. The van der Waals surface area contributed by atoms with Gasteiger partial charge < -0.3 is 9.47 Å². The average molecular weight is 417 g/mol. The maximum absolute atomic E-state index is 12.0. The van der Waals surface area contributed by atoms with Gasteiger partial charge in [-0.25, -0.2) is 9.59 Å². The smallest absolute Gasteiger partial charge is 0.333 e. The van der Waals surface area contributed by atoms with E-state index in [0.29, 0.717) is 47.0 Å². The van der Waals surface area contributed by atoms with Crippen LogP contribution in [0.3, 0.4) is 0 Å². The van der Waals surface area contributed by atoms with E-state index in [0.717, 1.165) is 6.42 Å². The van der Waals surface area contributed by atoms with Crippen molar-refractivity contribution in [3.8, 4) is 0 Å². The number of ether oxygens (including phenoxy) is 2. The van der Waals surface area contributed by atoms with Crippen molar-refractivity contribution in [3.05, 3.63) is 24.3 Å². The summed E-state index contributed by atoms with van der Waals surface area (Å²) < 4.78 is 11.2. The Hall–Kier alpha value is -1.58. The second-order valence-corrected chi connectivity index (χ2v) is 12.0. The van der Waals surface area contributed by atoms with Crippen LogP contribution >= 0.6 is 0 Å². The quantitative estimate of drug-likeness (QED) is 0.367. The van der Waals surface area contributed by atoms with Crippen molar-refractivity contribution in [1.82, 2.24) is 0 Å². The van der Waals surface area contributed by atoms with Gasteiger partial charge in [0.15, 0.2) is 0 Å². The molecule has 0 radical (unpaired) electrons. The third-order valence-electron chi connectivity index (χ3n) is 8.39. The van der Waals surface area contributed by atoms with Gasteiger partial charge in [0.05, 0.1) is 13.2 Å². The highest BCUT2D eigenvalue weighted by Crippen LogP contribution is 2.76. The molecule has 4 rings (SSSR count). The molecule has 0 spiro atoms. The zero-order valence-corrected chi connectivity index (χ0v) is 19.9. The summed E-state index contributed by atoms with van der Waals surface area (Å²) in [6.45, 7) is 21.1. The van der Waals surface area contributed by atoms with Gasteiger partial charge in [-0.2, -0.15) is 0 Å². The number of carbonyl (C=O) groups excluding carboxylic acids is 2. The molecule has 4 saturated carbocycles. The van der Waals surface area contributed by atoms with E-state index in [2.05, 4.69) is 40.9 Å². The highest BCUT2D eigenvalue weighted by molar-refractivity contribution is 5.87. The van der Waals surface area contributed by atoms with Gasteiger partial charge in [-0.1, -0.05) is 40.9 Å². The van der Waals surface area contributed by atoms with Crippen LogP contribution in [0.2, 0.25) is 0 Å². The molecule has 30 heavy (non-hydrogen) atoms. The van der Waals surface area contributed by atoms with Crippen molar-refractivity contribution in [2.45, 2.75) is 80.1 Å². The molecule has 4 nitrogen and oxygen atoms in total. The van der Waals surface area contributed by atoms with Crippen molar-refractivity contribution >= 4 is 11.9 Å². The highest BCUT2D eigenvalue weighted by atomic mass is 16.5. The monoisotopic (exact) mass is 416 g/mol. The summed E-state index contributed by atoms with van der Waals surface area (Å²) in [6.07, 6.45) is 7.18. The van der Waals surface area contributed by atoms with Crippen LogP contribution < -0.4 is 0 Å². The maximum Gasteiger partial charge on any atom is 0.333 e. The molecule has 0 aromatic heterocycles. The topological polar surface area (TPSA) is 52.6 Å². The Bertz CT molecular complexity index is 687. The number of esters is 2. The Morgan fingerprint density at radius 2 is 1.07 bits per heavy atom. The van der Waals surface area contributed by atoms with E-state index in [1.165, 1.54) is 32.1 Å². The fourth-order valence-corrected chi connectivity index (χ4v) is 7.93. The fourth-order valence-electron chi connectivity index (χ4n) is 7.93. The molecule has 0 aliphatic heterocycles. The predicted molar refractivity (Wildman–Crippen MR) is 119 cm³/mol. The Kier molecular flexibility index (Phi) is 5.79. The van der Waals surface area contributed by atoms with Gasteiger partial charge in [0, 0.05) is 11.1 Å². The standard InChI is InChI=1S/C26H40O4/c1-17(2)21(27)29-9-19(5)25-12-23(7)11-24(8,13-25)15-26(14-23,16-25)20(6)10-30-22(28)18(3)4/h19-20H,1,3,9-16H2,2,4-8H3.